The van der Waals surface area contributed by atoms with Crippen LogP contribution in [-0.2, 0) is 11.3 Å². The van der Waals surface area contributed by atoms with Crippen LogP contribution in [-0.4, -0.2) is 60.1 Å². The van der Waals surface area contributed by atoms with Crippen molar-refractivity contribution < 1.29 is 22.4 Å². The fraction of sp³-hybridized carbons (Fsp3) is 0.846. The van der Waals surface area contributed by atoms with Crippen LogP contribution in [0.5, 0.6) is 0 Å². The van der Waals surface area contributed by atoms with Gasteiger partial charge in [0.2, 0.25) is 5.89 Å². The summed E-state index contributed by atoms with van der Waals surface area (Å²) in [7, 11) is 0. The lowest BCUT2D eigenvalue weighted by atomic mass is 10.1. The summed E-state index contributed by atoms with van der Waals surface area (Å²) in [5.41, 5.74) is 0. The van der Waals surface area contributed by atoms with Crippen LogP contribution >= 0.6 is 0 Å². The fourth-order valence-corrected chi connectivity index (χ4v) is 2.49. The third kappa shape index (κ3) is 6.29. The average Bonchev–Trinajstić information content (AvgIpc) is 2.83. The number of piperidine rings is 1. The minimum absolute atomic E-state index is 0.0556. The maximum absolute atomic E-state index is 11.9. The maximum Gasteiger partial charge on any atom is 0.411 e. The minimum atomic E-state index is -4.26. The average molecular weight is 322 g/mol. The largest absolute Gasteiger partial charge is 0.411 e. The van der Waals surface area contributed by atoms with E-state index in [4.69, 9.17) is 4.52 Å². The summed E-state index contributed by atoms with van der Waals surface area (Å²) >= 11 is 0. The van der Waals surface area contributed by atoms with Gasteiger partial charge in [0, 0.05) is 26.1 Å². The Labute approximate surface area is 127 Å². The number of aromatic nitrogens is 2. The summed E-state index contributed by atoms with van der Waals surface area (Å²) in [5.74, 6) is 1.20. The summed E-state index contributed by atoms with van der Waals surface area (Å²) in [6, 6.07) is 0.247. The van der Waals surface area contributed by atoms with Crippen molar-refractivity contribution in [2.75, 3.05) is 32.8 Å². The fourth-order valence-electron chi connectivity index (χ4n) is 2.49. The van der Waals surface area contributed by atoms with Crippen LogP contribution in [0.25, 0.3) is 0 Å². The highest BCUT2D eigenvalue weighted by Gasteiger charge is 2.27. The van der Waals surface area contributed by atoms with E-state index in [0.29, 0.717) is 24.8 Å². The van der Waals surface area contributed by atoms with Crippen molar-refractivity contribution in [2.24, 2.45) is 0 Å². The van der Waals surface area contributed by atoms with Gasteiger partial charge in [-0.1, -0.05) is 5.16 Å². The quantitative estimate of drug-likeness (QED) is 0.768. The molecule has 1 aliphatic rings. The zero-order valence-corrected chi connectivity index (χ0v) is 12.5. The predicted molar refractivity (Wildman–Crippen MR) is 72.2 cm³/mol. The molecule has 1 fully saturated rings. The molecule has 0 radical (unpaired) electrons. The molecule has 1 aromatic rings. The van der Waals surface area contributed by atoms with E-state index in [1.807, 2.05) is 0 Å². The van der Waals surface area contributed by atoms with E-state index in [-0.39, 0.29) is 12.6 Å². The minimum Gasteiger partial charge on any atom is -0.371 e. The van der Waals surface area contributed by atoms with Crippen molar-refractivity contribution in [2.45, 2.75) is 38.5 Å². The molecule has 0 aliphatic carbocycles. The Hall–Kier alpha value is -1.19. The Balaban J connectivity index is 1.63. The zero-order valence-electron chi connectivity index (χ0n) is 12.5. The van der Waals surface area contributed by atoms with Crippen molar-refractivity contribution in [1.29, 1.82) is 0 Å². The van der Waals surface area contributed by atoms with Gasteiger partial charge in [-0.2, -0.15) is 18.2 Å². The number of aryl methyl sites for hydroxylation is 1. The van der Waals surface area contributed by atoms with Gasteiger partial charge in [-0.3, -0.25) is 4.90 Å². The Morgan fingerprint density at radius 3 is 2.95 bits per heavy atom. The highest BCUT2D eigenvalue weighted by atomic mass is 19.4. The summed E-state index contributed by atoms with van der Waals surface area (Å²) in [4.78, 5) is 6.38. The Morgan fingerprint density at radius 2 is 2.27 bits per heavy atom. The van der Waals surface area contributed by atoms with Crippen LogP contribution in [0.15, 0.2) is 4.52 Å². The Morgan fingerprint density at radius 1 is 1.45 bits per heavy atom. The molecule has 0 amide bonds. The number of rotatable bonds is 7. The van der Waals surface area contributed by atoms with Gasteiger partial charge in [0.1, 0.15) is 6.61 Å². The molecule has 0 spiro atoms. The van der Waals surface area contributed by atoms with E-state index in [1.54, 1.807) is 6.92 Å². The second-order valence-corrected chi connectivity index (χ2v) is 5.43. The molecule has 2 heterocycles. The van der Waals surface area contributed by atoms with E-state index >= 15 is 0 Å². The standard InChI is InChI=1S/C13H21F3N4O2/c1-10-18-12(19-22-10)8-20-5-2-3-11(7-20)17-4-6-21-9-13(14,15)16/h11,17H,2-9H2,1H3. The van der Waals surface area contributed by atoms with Crippen LogP contribution in [0.1, 0.15) is 24.6 Å². The number of hydrogen-bond donors (Lipinski definition) is 1. The molecule has 0 saturated carbocycles. The van der Waals surface area contributed by atoms with E-state index in [2.05, 4.69) is 25.1 Å². The van der Waals surface area contributed by atoms with Crippen molar-refractivity contribution in [3.63, 3.8) is 0 Å². The third-order valence-electron chi connectivity index (χ3n) is 3.39. The lowest BCUT2D eigenvalue weighted by molar-refractivity contribution is -0.173. The molecule has 1 aromatic heterocycles. The molecule has 1 atom stereocenters. The topological polar surface area (TPSA) is 63.4 Å². The summed E-state index contributed by atoms with van der Waals surface area (Å²) in [6.45, 7) is 3.42. The first kappa shape index (κ1) is 17.2. The van der Waals surface area contributed by atoms with E-state index in [0.717, 1.165) is 25.9 Å². The lowest BCUT2D eigenvalue weighted by Crippen LogP contribution is -2.46. The highest BCUT2D eigenvalue weighted by Crippen LogP contribution is 2.14. The smallest absolute Gasteiger partial charge is 0.371 e. The van der Waals surface area contributed by atoms with Gasteiger partial charge in [-0.05, 0) is 19.4 Å². The van der Waals surface area contributed by atoms with Gasteiger partial charge in [0.15, 0.2) is 5.82 Å². The normalized spacial score (nSPS) is 20.5. The molecule has 1 aliphatic heterocycles. The molecular formula is C13H21F3N4O2. The van der Waals surface area contributed by atoms with E-state index < -0.39 is 12.8 Å². The third-order valence-corrected chi connectivity index (χ3v) is 3.39. The Kier molecular flexibility index (Phi) is 6.16. The van der Waals surface area contributed by atoms with Crippen molar-refractivity contribution >= 4 is 0 Å². The number of alkyl halides is 3. The van der Waals surface area contributed by atoms with Crippen LogP contribution < -0.4 is 5.32 Å². The monoisotopic (exact) mass is 322 g/mol. The molecule has 2 rings (SSSR count). The van der Waals surface area contributed by atoms with Gasteiger partial charge in [0.05, 0.1) is 13.2 Å². The Bertz CT molecular complexity index is 453. The van der Waals surface area contributed by atoms with Crippen LogP contribution in [0, 0.1) is 6.92 Å². The second-order valence-electron chi connectivity index (χ2n) is 5.43. The molecule has 6 nitrogen and oxygen atoms in total. The molecule has 22 heavy (non-hydrogen) atoms. The zero-order chi connectivity index (χ0) is 16.0. The number of likely N-dealkylation sites (tertiary alicyclic amines) is 1. The van der Waals surface area contributed by atoms with Gasteiger partial charge in [-0.25, -0.2) is 0 Å². The summed E-state index contributed by atoms with van der Waals surface area (Å²) < 4.78 is 45.3. The molecule has 126 valence electrons. The van der Waals surface area contributed by atoms with Gasteiger partial charge in [-0.15, -0.1) is 0 Å². The first-order valence-corrected chi connectivity index (χ1v) is 7.32. The van der Waals surface area contributed by atoms with Gasteiger partial charge >= 0.3 is 6.18 Å². The molecule has 1 N–H and O–H groups in total. The first-order valence-electron chi connectivity index (χ1n) is 7.32. The second kappa shape index (κ2) is 7.89. The van der Waals surface area contributed by atoms with Gasteiger partial charge < -0.3 is 14.6 Å². The summed E-state index contributed by atoms with van der Waals surface area (Å²) in [5, 5.41) is 7.10. The molecular weight excluding hydrogens is 301 g/mol. The molecule has 0 aromatic carbocycles. The van der Waals surface area contributed by atoms with Crippen molar-refractivity contribution in [1.82, 2.24) is 20.4 Å². The van der Waals surface area contributed by atoms with Crippen LogP contribution in [0.4, 0.5) is 13.2 Å². The summed E-state index contributed by atoms with van der Waals surface area (Å²) in [6.07, 6.45) is -2.23. The van der Waals surface area contributed by atoms with Crippen molar-refractivity contribution in [3.8, 4) is 0 Å². The molecule has 1 saturated heterocycles. The molecule has 1 unspecified atom stereocenters. The molecule has 9 heteroatoms. The number of nitrogens with one attached hydrogen (secondary N) is 1. The lowest BCUT2D eigenvalue weighted by Gasteiger charge is -2.32. The first-order chi connectivity index (χ1) is 10.4. The highest BCUT2D eigenvalue weighted by molar-refractivity contribution is 4.87. The number of ether oxygens (including phenoxy) is 1. The number of halogens is 3. The number of hydrogen-bond acceptors (Lipinski definition) is 6. The maximum atomic E-state index is 11.9. The van der Waals surface area contributed by atoms with Crippen LogP contribution in [0.2, 0.25) is 0 Å². The predicted octanol–water partition coefficient (Wildman–Crippen LogP) is 1.51. The van der Waals surface area contributed by atoms with Crippen LogP contribution in [0.3, 0.4) is 0 Å². The van der Waals surface area contributed by atoms with E-state index in [1.165, 1.54) is 0 Å². The number of nitrogens with zero attached hydrogens (tertiary/aromatic N) is 3. The molecule has 0 bridgehead atoms. The van der Waals surface area contributed by atoms with Gasteiger partial charge in [0.25, 0.3) is 0 Å². The van der Waals surface area contributed by atoms with E-state index in [9.17, 15) is 13.2 Å². The van der Waals surface area contributed by atoms with Crippen molar-refractivity contribution in [3.05, 3.63) is 11.7 Å². The SMILES string of the molecule is Cc1nc(CN2CCCC(NCCOCC(F)(F)F)C2)no1.